The maximum atomic E-state index is 12.6. The van der Waals surface area contributed by atoms with E-state index in [-0.39, 0.29) is 11.8 Å². The van der Waals surface area contributed by atoms with Crippen LogP contribution in [0.15, 0.2) is 42.6 Å². The topological polar surface area (TPSA) is 33.2 Å². The Kier molecular flexibility index (Phi) is 3.45. The van der Waals surface area contributed by atoms with Gasteiger partial charge in [0.05, 0.1) is 11.6 Å². The molecule has 0 spiro atoms. The molecule has 0 saturated carbocycles. The number of hydrogen-bond donors (Lipinski definition) is 0. The average Bonchev–Trinajstić information content (AvgIpc) is 2.89. The number of fused-ring (bicyclic) bond motifs is 1. The van der Waals surface area contributed by atoms with Gasteiger partial charge in [0.25, 0.3) is 0 Å². The highest BCUT2D eigenvalue weighted by molar-refractivity contribution is 6.30. The highest BCUT2D eigenvalue weighted by Crippen LogP contribution is 2.32. The lowest BCUT2D eigenvalue weighted by molar-refractivity contribution is -0.119. The fraction of sp³-hybridized carbons (Fsp3) is 0.250. The van der Waals surface area contributed by atoms with Crippen LogP contribution >= 0.6 is 11.6 Å². The molecule has 0 aliphatic carbocycles. The zero-order valence-corrected chi connectivity index (χ0v) is 12.0. The highest BCUT2D eigenvalue weighted by Gasteiger charge is 2.29. The minimum atomic E-state index is -0.238. The van der Waals surface area contributed by atoms with Crippen molar-refractivity contribution < 1.29 is 4.79 Å². The zero-order chi connectivity index (χ0) is 14.1. The maximum Gasteiger partial charge on any atom is 0.235 e. The summed E-state index contributed by atoms with van der Waals surface area (Å²) in [5.74, 6) is -0.150. The summed E-state index contributed by atoms with van der Waals surface area (Å²) >= 11 is 6.00. The largest absolute Gasteiger partial charge is 0.311 e. The van der Waals surface area contributed by atoms with Crippen LogP contribution in [-0.4, -0.2) is 17.4 Å². The van der Waals surface area contributed by atoms with Crippen molar-refractivity contribution in [3.05, 3.63) is 58.9 Å². The molecule has 1 aliphatic heterocycles. The molecule has 1 aromatic heterocycles. The summed E-state index contributed by atoms with van der Waals surface area (Å²) in [5, 5.41) is 0.718. The van der Waals surface area contributed by atoms with Gasteiger partial charge in [-0.05, 0) is 49.2 Å². The van der Waals surface area contributed by atoms with Crippen molar-refractivity contribution in [2.75, 3.05) is 11.4 Å². The average molecular weight is 287 g/mol. The third-order valence-electron chi connectivity index (χ3n) is 3.70. The molecule has 20 heavy (non-hydrogen) atoms. The van der Waals surface area contributed by atoms with E-state index in [4.69, 9.17) is 11.6 Å². The van der Waals surface area contributed by atoms with Gasteiger partial charge in [-0.25, -0.2) is 0 Å². The number of amides is 1. The lowest BCUT2D eigenvalue weighted by Crippen LogP contribution is -2.33. The van der Waals surface area contributed by atoms with Gasteiger partial charge in [-0.1, -0.05) is 17.7 Å². The van der Waals surface area contributed by atoms with Gasteiger partial charge in [-0.3, -0.25) is 9.78 Å². The maximum absolute atomic E-state index is 12.6. The summed E-state index contributed by atoms with van der Waals surface area (Å²) in [6.07, 6.45) is 2.58. The highest BCUT2D eigenvalue weighted by atomic mass is 35.5. The van der Waals surface area contributed by atoms with Gasteiger partial charge in [0, 0.05) is 23.5 Å². The Morgan fingerprint density at radius 3 is 2.95 bits per heavy atom. The van der Waals surface area contributed by atoms with E-state index < -0.39 is 0 Å². The molecule has 3 rings (SSSR count). The molecule has 0 saturated heterocycles. The summed E-state index contributed by atoms with van der Waals surface area (Å²) in [7, 11) is 0. The molecule has 1 aliphatic rings. The molecule has 1 aromatic carbocycles. The van der Waals surface area contributed by atoms with Gasteiger partial charge in [-0.2, -0.15) is 0 Å². The minimum absolute atomic E-state index is 0.0878. The van der Waals surface area contributed by atoms with Crippen molar-refractivity contribution in [1.29, 1.82) is 0 Å². The van der Waals surface area contributed by atoms with Gasteiger partial charge < -0.3 is 4.90 Å². The molecule has 0 bridgehead atoms. The van der Waals surface area contributed by atoms with E-state index in [1.807, 2.05) is 48.2 Å². The van der Waals surface area contributed by atoms with E-state index in [2.05, 4.69) is 4.98 Å². The van der Waals surface area contributed by atoms with Crippen molar-refractivity contribution in [3.8, 4) is 0 Å². The fourth-order valence-corrected chi connectivity index (χ4v) is 2.79. The smallest absolute Gasteiger partial charge is 0.235 e. The van der Waals surface area contributed by atoms with E-state index in [0.717, 1.165) is 28.4 Å². The van der Waals surface area contributed by atoms with Crippen LogP contribution in [0, 0.1) is 0 Å². The van der Waals surface area contributed by atoms with Crippen LogP contribution in [0.3, 0.4) is 0 Å². The monoisotopic (exact) mass is 286 g/mol. The van der Waals surface area contributed by atoms with Crippen molar-refractivity contribution >= 4 is 23.2 Å². The summed E-state index contributed by atoms with van der Waals surface area (Å²) in [6, 6.07) is 11.3. The number of rotatable bonds is 2. The molecule has 1 amide bonds. The van der Waals surface area contributed by atoms with E-state index in [0.29, 0.717) is 6.54 Å². The molecular weight excluding hydrogens is 272 g/mol. The molecule has 1 unspecified atom stereocenters. The van der Waals surface area contributed by atoms with Crippen LogP contribution in [0.1, 0.15) is 24.1 Å². The number of carbonyl (C=O) groups is 1. The number of benzene rings is 1. The molecule has 4 heteroatoms. The normalized spacial score (nSPS) is 15.0. The van der Waals surface area contributed by atoms with Gasteiger partial charge >= 0.3 is 0 Å². The van der Waals surface area contributed by atoms with Crippen LogP contribution in [0.4, 0.5) is 5.69 Å². The number of nitrogens with zero attached hydrogens (tertiary/aromatic N) is 2. The Morgan fingerprint density at radius 2 is 2.20 bits per heavy atom. The Balaban J connectivity index is 1.87. The quantitative estimate of drug-likeness (QED) is 0.847. The van der Waals surface area contributed by atoms with Crippen LogP contribution in [0.2, 0.25) is 5.02 Å². The van der Waals surface area contributed by atoms with Crippen LogP contribution in [0.5, 0.6) is 0 Å². The summed E-state index contributed by atoms with van der Waals surface area (Å²) in [4.78, 5) is 18.8. The lowest BCUT2D eigenvalue weighted by atomic mass is 10.1. The molecular formula is C16H15ClN2O. The van der Waals surface area contributed by atoms with Gasteiger partial charge in [0.2, 0.25) is 5.91 Å². The first-order valence-corrected chi connectivity index (χ1v) is 7.05. The van der Waals surface area contributed by atoms with Crippen LogP contribution < -0.4 is 4.90 Å². The molecule has 1 atom stereocenters. The Labute approximate surface area is 123 Å². The van der Waals surface area contributed by atoms with Crippen molar-refractivity contribution in [2.45, 2.75) is 19.3 Å². The lowest BCUT2D eigenvalue weighted by Gasteiger charge is -2.21. The number of halogens is 1. The summed E-state index contributed by atoms with van der Waals surface area (Å²) in [6.45, 7) is 2.62. The van der Waals surface area contributed by atoms with E-state index >= 15 is 0 Å². The van der Waals surface area contributed by atoms with E-state index in [1.165, 1.54) is 0 Å². The van der Waals surface area contributed by atoms with Gasteiger partial charge in [0.1, 0.15) is 0 Å². The Hall–Kier alpha value is -1.87. The number of pyridine rings is 1. The summed E-state index contributed by atoms with van der Waals surface area (Å²) < 4.78 is 0. The molecule has 2 aromatic rings. The molecule has 102 valence electrons. The predicted molar refractivity (Wildman–Crippen MR) is 80.2 cm³/mol. The standard InChI is InChI=1S/C16H15ClN2O/c1-11(14-4-2-3-8-18-14)16(20)19-9-7-12-10-13(17)5-6-15(12)19/h2-6,8,10-11H,7,9H2,1H3. The molecule has 0 radical (unpaired) electrons. The number of hydrogen-bond acceptors (Lipinski definition) is 2. The van der Waals surface area contributed by atoms with Gasteiger partial charge in [-0.15, -0.1) is 0 Å². The molecule has 3 nitrogen and oxygen atoms in total. The molecule has 0 N–H and O–H groups in total. The third kappa shape index (κ3) is 2.29. The number of carbonyl (C=O) groups excluding carboxylic acids is 1. The van der Waals surface area contributed by atoms with E-state index in [9.17, 15) is 4.79 Å². The number of anilines is 1. The Morgan fingerprint density at radius 1 is 1.35 bits per heavy atom. The first kappa shape index (κ1) is 13.1. The predicted octanol–water partition coefficient (Wildman–Crippen LogP) is 3.43. The van der Waals surface area contributed by atoms with E-state index in [1.54, 1.807) is 6.20 Å². The second-order valence-electron chi connectivity index (χ2n) is 4.99. The van der Waals surface area contributed by atoms with Gasteiger partial charge in [0.15, 0.2) is 0 Å². The number of aromatic nitrogens is 1. The Bertz CT molecular complexity index is 642. The van der Waals surface area contributed by atoms with Crippen molar-refractivity contribution in [2.24, 2.45) is 0 Å². The van der Waals surface area contributed by atoms with Crippen molar-refractivity contribution in [1.82, 2.24) is 4.98 Å². The van der Waals surface area contributed by atoms with Crippen LogP contribution in [-0.2, 0) is 11.2 Å². The minimum Gasteiger partial charge on any atom is -0.311 e. The molecule has 0 fully saturated rings. The fourth-order valence-electron chi connectivity index (χ4n) is 2.59. The van der Waals surface area contributed by atoms with Crippen molar-refractivity contribution in [3.63, 3.8) is 0 Å². The first-order valence-electron chi connectivity index (χ1n) is 6.67. The molecule has 2 heterocycles. The second-order valence-corrected chi connectivity index (χ2v) is 5.43. The third-order valence-corrected chi connectivity index (χ3v) is 3.94. The first-order chi connectivity index (χ1) is 9.66. The summed E-state index contributed by atoms with van der Waals surface area (Å²) in [5.41, 5.74) is 2.92. The SMILES string of the molecule is CC(C(=O)N1CCc2cc(Cl)ccc21)c1ccccn1. The second kappa shape index (κ2) is 5.25. The van der Waals surface area contributed by atoms with Crippen LogP contribution in [0.25, 0.3) is 0 Å². The zero-order valence-electron chi connectivity index (χ0n) is 11.2.